The number of amides is 1. The smallest absolute Gasteiger partial charge is 0.339 e. The number of carbonyl (C=O) groups is 2. The van der Waals surface area contributed by atoms with Gasteiger partial charge in [0.2, 0.25) is 6.10 Å². The molecule has 1 aliphatic rings. The number of nitrogens with zero attached hydrogens (tertiary/aromatic N) is 3. The molecule has 2 aromatic carbocycles. The van der Waals surface area contributed by atoms with Crippen LogP contribution in [0, 0.1) is 0 Å². The van der Waals surface area contributed by atoms with Crippen LogP contribution in [0.25, 0.3) is 10.9 Å². The topological polar surface area (TPSA) is 81.5 Å². The third-order valence-electron chi connectivity index (χ3n) is 5.04. The standard InChI is InChI=1S/C22H21N3O4/c1-24(2)21(27)19(14-7-4-3-5-8-14)29-22(28)15-10-11-16-17(13-15)23-18-9-6-12-25(18)20(16)26/h3-5,7-8,10-11,13,19H,6,9,12H2,1-2H3/t19-/m0/s1. The zero-order chi connectivity index (χ0) is 20.5. The number of aromatic nitrogens is 2. The molecule has 0 saturated carbocycles. The second-order valence-corrected chi connectivity index (χ2v) is 7.25. The van der Waals surface area contributed by atoms with E-state index in [1.165, 1.54) is 11.0 Å². The quantitative estimate of drug-likeness (QED) is 0.638. The zero-order valence-electron chi connectivity index (χ0n) is 16.3. The second kappa shape index (κ2) is 7.50. The molecular weight excluding hydrogens is 370 g/mol. The monoisotopic (exact) mass is 391 g/mol. The highest BCUT2D eigenvalue weighted by atomic mass is 16.5. The van der Waals surface area contributed by atoms with E-state index < -0.39 is 12.1 Å². The zero-order valence-corrected chi connectivity index (χ0v) is 16.3. The van der Waals surface area contributed by atoms with Gasteiger partial charge in [0.1, 0.15) is 5.82 Å². The molecule has 148 valence electrons. The summed E-state index contributed by atoms with van der Waals surface area (Å²) in [7, 11) is 3.22. The Hall–Kier alpha value is -3.48. The van der Waals surface area contributed by atoms with Crippen LogP contribution in [0.1, 0.15) is 34.3 Å². The van der Waals surface area contributed by atoms with Crippen LogP contribution in [-0.4, -0.2) is 40.4 Å². The summed E-state index contributed by atoms with van der Waals surface area (Å²) in [6.07, 6.45) is 0.583. The minimum atomic E-state index is -1.05. The van der Waals surface area contributed by atoms with Crippen molar-refractivity contribution in [2.24, 2.45) is 0 Å². The molecule has 1 aliphatic heterocycles. The van der Waals surface area contributed by atoms with Crippen molar-refractivity contribution >= 4 is 22.8 Å². The Morgan fingerprint density at radius 3 is 2.62 bits per heavy atom. The highest BCUT2D eigenvalue weighted by molar-refractivity contribution is 5.96. The third kappa shape index (κ3) is 3.51. The van der Waals surface area contributed by atoms with Crippen LogP contribution in [0.5, 0.6) is 0 Å². The number of likely N-dealkylation sites (N-methyl/N-ethyl adjacent to an activating group) is 1. The summed E-state index contributed by atoms with van der Waals surface area (Å²) in [6.45, 7) is 0.673. The van der Waals surface area contributed by atoms with Gasteiger partial charge >= 0.3 is 5.97 Å². The lowest BCUT2D eigenvalue weighted by Crippen LogP contribution is -2.31. The van der Waals surface area contributed by atoms with E-state index in [4.69, 9.17) is 4.74 Å². The van der Waals surface area contributed by atoms with E-state index in [0.29, 0.717) is 23.0 Å². The molecule has 1 atom stereocenters. The number of fused-ring (bicyclic) bond motifs is 2. The predicted octanol–water partition coefficient (Wildman–Crippen LogP) is 2.33. The Bertz CT molecular complexity index is 1150. The molecular formula is C22H21N3O4. The summed E-state index contributed by atoms with van der Waals surface area (Å²) in [6, 6.07) is 13.6. The number of rotatable bonds is 4. The molecule has 4 rings (SSSR count). The summed E-state index contributed by atoms with van der Waals surface area (Å²) in [4.78, 5) is 43.9. The first-order valence-corrected chi connectivity index (χ1v) is 9.46. The van der Waals surface area contributed by atoms with Crippen molar-refractivity contribution in [2.75, 3.05) is 14.1 Å². The van der Waals surface area contributed by atoms with Gasteiger partial charge in [-0.1, -0.05) is 30.3 Å². The van der Waals surface area contributed by atoms with Gasteiger partial charge in [0.25, 0.3) is 11.5 Å². The lowest BCUT2D eigenvalue weighted by molar-refractivity contribution is -0.138. The van der Waals surface area contributed by atoms with Crippen molar-refractivity contribution in [1.29, 1.82) is 0 Å². The number of hydrogen-bond acceptors (Lipinski definition) is 5. The first-order chi connectivity index (χ1) is 14.0. The van der Waals surface area contributed by atoms with E-state index in [2.05, 4.69) is 4.98 Å². The van der Waals surface area contributed by atoms with E-state index in [0.717, 1.165) is 18.7 Å². The molecule has 1 amide bonds. The van der Waals surface area contributed by atoms with Crippen molar-refractivity contribution in [3.8, 4) is 0 Å². The molecule has 1 aromatic heterocycles. The average Bonchev–Trinajstić information content (AvgIpc) is 3.20. The predicted molar refractivity (Wildman–Crippen MR) is 108 cm³/mol. The van der Waals surface area contributed by atoms with Crippen LogP contribution in [0.3, 0.4) is 0 Å². The van der Waals surface area contributed by atoms with Crippen LogP contribution >= 0.6 is 0 Å². The molecule has 0 radical (unpaired) electrons. The van der Waals surface area contributed by atoms with Crippen molar-refractivity contribution in [3.63, 3.8) is 0 Å². The first-order valence-electron chi connectivity index (χ1n) is 9.46. The van der Waals surface area contributed by atoms with Gasteiger partial charge in [-0.05, 0) is 24.6 Å². The molecule has 0 N–H and O–H groups in total. The van der Waals surface area contributed by atoms with Crippen LogP contribution in [0.2, 0.25) is 0 Å². The molecule has 0 spiro atoms. The van der Waals surface area contributed by atoms with Gasteiger partial charge in [-0.25, -0.2) is 9.78 Å². The van der Waals surface area contributed by atoms with Crippen LogP contribution in [0.4, 0.5) is 0 Å². The van der Waals surface area contributed by atoms with E-state index in [9.17, 15) is 14.4 Å². The summed E-state index contributed by atoms with van der Waals surface area (Å²) >= 11 is 0. The Kier molecular flexibility index (Phi) is 4.88. The van der Waals surface area contributed by atoms with E-state index in [1.54, 1.807) is 55.1 Å². The summed E-state index contributed by atoms with van der Waals surface area (Å²) in [5, 5.41) is 0.469. The number of benzene rings is 2. The Morgan fingerprint density at radius 2 is 1.90 bits per heavy atom. The Morgan fingerprint density at radius 1 is 1.14 bits per heavy atom. The van der Waals surface area contributed by atoms with E-state index in [-0.39, 0.29) is 17.0 Å². The number of esters is 1. The second-order valence-electron chi connectivity index (χ2n) is 7.25. The number of aryl methyl sites for hydroxylation is 1. The van der Waals surface area contributed by atoms with Gasteiger partial charge in [-0.3, -0.25) is 14.2 Å². The van der Waals surface area contributed by atoms with Crippen LogP contribution in [-0.2, 0) is 22.5 Å². The van der Waals surface area contributed by atoms with Crippen molar-refractivity contribution in [1.82, 2.24) is 14.5 Å². The average molecular weight is 391 g/mol. The lowest BCUT2D eigenvalue weighted by Gasteiger charge is -2.21. The van der Waals surface area contributed by atoms with Crippen molar-refractivity contribution in [3.05, 3.63) is 75.8 Å². The summed E-state index contributed by atoms with van der Waals surface area (Å²) < 4.78 is 7.26. The normalized spacial score (nSPS) is 13.7. The number of carbonyl (C=O) groups excluding carboxylic acids is 2. The molecule has 7 nitrogen and oxygen atoms in total. The summed E-state index contributed by atoms with van der Waals surface area (Å²) in [5.41, 5.74) is 1.22. The number of ether oxygens (including phenoxy) is 1. The molecule has 0 fully saturated rings. The fourth-order valence-electron chi connectivity index (χ4n) is 3.51. The van der Waals surface area contributed by atoms with Gasteiger partial charge in [-0.2, -0.15) is 0 Å². The Labute approximate surface area is 167 Å². The third-order valence-corrected chi connectivity index (χ3v) is 5.04. The maximum atomic E-state index is 12.8. The molecule has 7 heteroatoms. The van der Waals surface area contributed by atoms with E-state index >= 15 is 0 Å². The largest absolute Gasteiger partial charge is 0.444 e. The minimum Gasteiger partial charge on any atom is -0.444 e. The van der Waals surface area contributed by atoms with Gasteiger partial charge in [-0.15, -0.1) is 0 Å². The highest BCUT2D eigenvalue weighted by Gasteiger charge is 2.27. The van der Waals surface area contributed by atoms with Gasteiger partial charge in [0, 0.05) is 32.6 Å². The molecule has 2 heterocycles. The fraction of sp³-hybridized carbons (Fsp3) is 0.273. The van der Waals surface area contributed by atoms with Gasteiger partial charge < -0.3 is 9.64 Å². The summed E-state index contributed by atoms with van der Waals surface area (Å²) in [5.74, 6) is -0.240. The molecule has 0 aliphatic carbocycles. The maximum Gasteiger partial charge on any atom is 0.339 e. The minimum absolute atomic E-state index is 0.0904. The van der Waals surface area contributed by atoms with Crippen LogP contribution in [0.15, 0.2) is 53.3 Å². The molecule has 29 heavy (non-hydrogen) atoms. The SMILES string of the molecule is CN(C)C(=O)[C@@H](OC(=O)c1ccc2c(=O)n3c(nc2c1)CCC3)c1ccccc1. The molecule has 0 unspecified atom stereocenters. The van der Waals surface area contributed by atoms with Crippen LogP contribution < -0.4 is 5.56 Å². The Balaban J connectivity index is 1.68. The van der Waals surface area contributed by atoms with E-state index in [1.807, 2.05) is 6.07 Å². The number of hydrogen-bond donors (Lipinski definition) is 0. The highest BCUT2D eigenvalue weighted by Crippen LogP contribution is 2.22. The maximum absolute atomic E-state index is 12.8. The molecule has 3 aromatic rings. The molecule has 0 saturated heterocycles. The van der Waals surface area contributed by atoms with Gasteiger partial charge in [0.05, 0.1) is 16.5 Å². The fourth-order valence-corrected chi connectivity index (χ4v) is 3.51. The lowest BCUT2D eigenvalue weighted by atomic mass is 10.1. The molecule has 0 bridgehead atoms. The van der Waals surface area contributed by atoms with Gasteiger partial charge in [0.15, 0.2) is 0 Å². The van der Waals surface area contributed by atoms with Crippen molar-refractivity contribution in [2.45, 2.75) is 25.5 Å². The first kappa shape index (κ1) is 18.9. The van der Waals surface area contributed by atoms with Crippen molar-refractivity contribution < 1.29 is 14.3 Å².